The van der Waals surface area contributed by atoms with Crippen molar-refractivity contribution in [1.29, 1.82) is 0 Å². The Morgan fingerprint density at radius 3 is 2.58 bits per heavy atom. The fraction of sp³-hybridized carbons (Fsp3) is 0.269. The molecule has 1 saturated heterocycles. The molecule has 2 atom stereocenters. The molecule has 1 N–H and O–H groups in total. The zero-order valence-electron chi connectivity index (χ0n) is 18.0. The molecule has 1 aliphatic heterocycles. The van der Waals surface area contributed by atoms with Gasteiger partial charge >= 0.3 is 0 Å². The molecule has 1 fully saturated rings. The van der Waals surface area contributed by atoms with Crippen molar-refractivity contribution in [3.8, 4) is 5.75 Å². The van der Waals surface area contributed by atoms with Gasteiger partial charge in [0.05, 0.1) is 13.2 Å². The van der Waals surface area contributed by atoms with Crippen molar-refractivity contribution in [3.63, 3.8) is 0 Å². The number of aryl methyl sites for hydroxylation is 1. The van der Waals surface area contributed by atoms with Crippen LogP contribution >= 0.6 is 11.8 Å². The van der Waals surface area contributed by atoms with Gasteiger partial charge in [-0.05, 0) is 30.2 Å². The van der Waals surface area contributed by atoms with Crippen LogP contribution in [0.25, 0.3) is 0 Å². The van der Waals surface area contributed by atoms with Crippen LogP contribution in [0.2, 0.25) is 0 Å². The van der Waals surface area contributed by atoms with Gasteiger partial charge in [-0.25, -0.2) is 0 Å². The van der Waals surface area contributed by atoms with Gasteiger partial charge < -0.3 is 15.0 Å². The molecule has 0 aromatic heterocycles. The first-order valence-corrected chi connectivity index (χ1v) is 11.7. The number of benzene rings is 3. The van der Waals surface area contributed by atoms with E-state index in [-0.39, 0.29) is 11.9 Å². The Bertz CT molecular complexity index is 1010. The molecule has 0 radical (unpaired) electrons. The highest BCUT2D eigenvalue weighted by atomic mass is 32.2. The van der Waals surface area contributed by atoms with Crippen LogP contribution in [0.5, 0.6) is 5.75 Å². The van der Waals surface area contributed by atoms with Gasteiger partial charge in [0.2, 0.25) is 5.91 Å². The van der Waals surface area contributed by atoms with E-state index in [1.54, 1.807) is 7.11 Å². The number of ether oxygens (including phenoxy) is 1. The summed E-state index contributed by atoms with van der Waals surface area (Å²) in [6.07, 6.45) is 0. The average molecular weight is 433 g/mol. The van der Waals surface area contributed by atoms with Gasteiger partial charge in [-0.1, -0.05) is 66.2 Å². The molecule has 3 aromatic carbocycles. The van der Waals surface area contributed by atoms with Crippen LogP contribution in [0.1, 0.15) is 28.8 Å². The lowest BCUT2D eigenvalue weighted by Crippen LogP contribution is -2.44. The van der Waals surface area contributed by atoms with Gasteiger partial charge in [-0.2, -0.15) is 11.8 Å². The lowest BCUT2D eigenvalue weighted by molar-refractivity contribution is -0.134. The molecule has 1 aliphatic rings. The third-order valence-electron chi connectivity index (χ3n) is 5.63. The number of rotatable bonds is 6. The minimum absolute atomic E-state index is 0.0764. The number of hydrogen-bond donors (Lipinski definition) is 1. The van der Waals surface area contributed by atoms with Crippen molar-refractivity contribution in [2.45, 2.75) is 19.0 Å². The normalized spacial score (nSPS) is 17.1. The van der Waals surface area contributed by atoms with E-state index in [0.717, 1.165) is 35.1 Å². The van der Waals surface area contributed by atoms with Crippen LogP contribution < -0.4 is 10.1 Å². The number of carbonyl (C=O) groups excluding carboxylic acids is 1. The fourth-order valence-electron chi connectivity index (χ4n) is 3.91. The first-order chi connectivity index (χ1) is 15.2. The lowest BCUT2D eigenvalue weighted by atomic mass is 10.0. The first-order valence-electron chi connectivity index (χ1n) is 10.6. The molecule has 3 aromatic rings. The van der Waals surface area contributed by atoms with E-state index in [1.807, 2.05) is 71.3 Å². The number of hydrogen-bond acceptors (Lipinski definition) is 4. The number of carbonyl (C=O) groups is 1. The van der Waals surface area contributed by atoms with Crippen molar-refractivity contribution < 1.29 is 9.53 Å². The Labute approximate surface area is 188 Å². The molecule has 1 heterocycles. The minimum Gasteiger partial charge on any atom is -0.497 e. The van der Waals surface area contributed by atoms with Crippen LogP contribution in [-0.2, 0) is 4.79 Å². The van der Waals surface area contributed by atoms with E-state index in [2.05, 4.69) is 36.5 Å². The maximum absolute atomic E-state index is 13.9. The third kappa shape index (κ3) is 5.05. The first kappa shape index (κ1) is 21.3. The summed E-state index contributed by atoms with van der Waals surface area (Å²) in [5.41, 5.74) is 4.18. The lowest BCUT2D eigenvalue weighted by Gasteiger charge is -2.38. The molecule has 4 nitrogen and oxygen atoms in total. The highest BCUT2D eigenvalue weighted by Gasteiger charge is 2.33. The Morgan fingerprint density at radius 2 is 1.84 bits per heavy atom. The minimum atomic E-state index is -0.470. The van der Waals surface area contributed by atoms with Crippen molar-refractivity contribution in [2.24, 2.45) is 0 Å². The Kier molecular flexibility index (Phi) is 6.82. The Balaban J connectivity index is 1.67. The van der Waals surface area contributed by atoms with Crippen LogP contribution in [0.3, 0.4) is 0 Å². The summed E-state index contributed by atoms with van der Waals surface area (Å²) in [5.74, 6) is 2.72. The summed E-state index contributed by atoms with van der Waals surface area (Å²) in [5, 5.41) is 3.48. The maximum atomic E-state index is 13.9. The highest BCUT2D eigenvalue weighted by molar-refractivity contribution is 7.99. The summed E-state index contributed by atoms with van der Waals surface area (Å²) >= 11 is 1.91. The van der Waals surface area contributed by atoms with Crippen LogP contribution in [0.4, 0.5) is 5.69 Å². The number of anilines is 1. The predicted octanol–water partition coefficient (Wildman–Crippen LogP) is 5.47. The highest BCUT2D eigenvalue weighted by Crippen LogP contribution is 2.33. The van der Waals surface area contributed by atoms with E-state index in [1.165, 1.54) is 11.1 Å². The number of nitrogens with one attached hydrogen (secondary N) is 1. The number of thioether (sulfide) groups is 1. The van der Waals surface area contributed by atoms with E-state index in [4.69, 9.17) is 4.74 Å². The van der Waals surface area contributed by atoms with Crippen molar-refractivity contribution in [2.75, 3.05) is 30.5 Å². The zero-order chi connectivity index (χ0) is 21.6. The summed E-state index contributed by atoms with van der Waals surface area (Å²) in [6, 6.07) is 25.9. The van der Waals surface area contributed by atoms with Gasteiger partial charge in [0, 0.05) is 29.8 Å². The second-order valence-electron chi connectivity index (χ2n) is 7.75. The zero-order valence-corrected chi connectivity index (χ0v) is 18.8. The van der Waals surface area contributed by atoms with E-state index < -0.39 is 6.04 Å². The SMILES string of the molecule is COc1cccc(NC(C(=O)N2CCSCC2c2ccccc2)c2ccc(C)cc2)c1. The van der Waals surface area contributed by atoms with Gasteiger partial charge in [0.1, 0.15) is 11.8 Å². The Hall–Kier alpha value is -2.92. The third-order valence-corrected chi connectivity index (χ3v) is 6.66. The predicted molar refractivity (Wildman–Crippen MR) is 129 cm³/mol. The van der Waals surface area contributed by atoms with E-state index >= 15 is 0 Å². The molecule has 2 unspecified atom stereocenters. The quantitative estimate of drug-likeness (QED) is 0.561. The molecule has 1 amide bonds. The Morgan fingerprint density at radius 1 is 1.06 bits per heavy atom. The molecule has 0 bridgehead atoms. The molecule has 5 heteroatoms. The van der Waals surface area contributed by atoms with Crippen molar-refractivity contribution in [3.05, 3.63) is 95.6 Å². The molecular weight excluding hydrogens is 404 g/mol. The van der Waals surface area contributed by atoms with Gasteiger partial charge in [-0.3, -0.25) is 4.79 Å². The van der Waals surface area contributed by atoms with Crippen LogP contribution in [0, 0.1) is 6.92 Å². The van der Waals surface area contributed by atoms with Crippen molar-refractivity contribution >= 4 is 23.4 Å². The smallest absolute Gasteiger partial charge is 0.250 e. The molecule has 0 saturated carbocycles. The van der Waals surface area contributed by atoms with Crippen molar-refractivity contribution in [1.82, 2.24) is 4.90 Å². The van der Waals surface area contributed by atoms with Gasteiger partial charge in [0.15, 0.2) is 0 Å². The number of amides is 1. The topological polar surface area (TPSA) is 41.6 Å². The monoisotopic (exact) mass is 432 g/mol. The van der Waals surface area contributed by atoms with Gasteiger partial charge in [-0.15, -0.1) is 0 Å². The molecule has 0 spiro atoms. The molecule has 160 valence electrons. The molecule has 0 aliphatic carbocycles. The number of methoxy groups -OCH3 is 1. The fourth-order valence-corrected chi connectivity index (χ4v) is 5.00. The second-order valence-corrected chi connectivity index (χ2v) is 8.90. The maximum Gasteiger partial charge on any atom is 0.250 e. The summed E-state index contributed by atoms with van der Waals surface area (Å²) in [7, 11) is 1.65. The average Bonchev–Trinajstić information content (AvgIpc) is 2.83. The summed E-state index contributed by atoms with van der Waals surface area (Å²) < 4.78 is 5.37. The summed E-state index contributed by atoms with van der Waals surface area (Å²) in [6.45, 7) is 2.80. The molecular formula is C26H28N2O2S. The largest absolute Gasteiger partial charge is 0.497 e. The van der Waals surface area contributed by atoms with Crippen LogP contribution in [0.15, 0.2) is 78.9 Å². The van der Waals surface area contributed by atoms with Crippen LogP contribution in [-0.4, -0.2) is 36.0 Å². The molecule has 4 rings (SSSR count). The van der Waals surface area contributed by atoms with E-state index in [0.29, 0.717) is 0 Å². The van der Waals surface area contributed by atoms with E-state index in [9.17, 15) is 4.79 Å². The second kappa shape index (κ2) is 9.92. The van der Waals surface area contributed by atoms with Gasteiger partial charge in [0.25, 0.3) is 0 Å². The standard InChI is InChI=1S/C26H28N2O2S/c1-19-11-13-21(14-12-19)25(27-22-9-6-10-23(17-22)30-2)26(29)28-15-16-31-18-24(28)20-7-4-3-5-8-20/h3-14,17,24-25,27H,15-16,18H2,1-2H3. The summed E-state index contributed by atoms with van der Waals surface area (Å²) in [4.78, 5) is 16.0. The number of nitrogens with zero attached hydrogens (tertiary/aromatic N) is 1. The molecule has 31 heavy (non-hydrogen) atoms.